The van der Waals surface area contributed by atoms with Gasteiger partial charge in [0.1, 0.15) is 5.82 Å². The van der Waals surface area contributed by atoms with Crippen LogP contribution in [0, 0.1) is 0 Å². The maximum absolute atomic E-state index is 4.71. The monoisotopic (exact) mass is 294 g/mol. The van der Waals surface area contributed by atoms with Gasteiger partial charge in [-0.3, -0.25) is 4.57 Å². The van der Waals surface area contributed by atoms with Crippen molar-refractivity contribution in [3.63, 3.8) is 0 Å². The van der Waals surface area contributed by atoms with Crippen molar-refractivity contribution >= 4 is 32.6 Å². The molecule has 2 aromatic heterocycles. The first kappa shape index (κ1) is 12.4. The van der Waals surface area contributed by atoms with Crippen LogP contribution >= 0.6 is 0 Å². The van der Waals surface area contributed by atoms with Crippen LogP contribution < -0.4 is 0 Å². The Bertz CT molecular complexity index is 1110. The molecule has 23 heavy (non-hydrogen) atoms. The van der Waals surface area contributed by atoms with Crippen molar-refractivity contribution in [3.8, 4) is 5.82 Å². The fourth-order valence-corrected chi connectivity index (χ4v) is 3.43. The van der Waals surface area contributed by atoms with E-state index in [-0.39, 0.29) is 0 Å². The van der Waals surface area contributed by atoms with E-state index in [1.807, 2.05) is 6.20 Å². The van der Waals surface area contributed by atoms with Crippen molar-refractivity contribution in [2.45, 2.75) is 0 Å². The van der Waals surface area contributed by atoms with Gasteiger partial charge in [0.25, 0.3) is 0 Å². The topological polar surface area (TPSA) is 17.8 Å². The van der Waals surface area contributed by atoms with E-state index >= 15 is 0 Å². The van der Waals surface area contributed by atoms with E-state index in [1.165, 1.54) is 32.6 Å². The normalized spacial score (nSPS) is 11.5. The zero-order valence-corrected chi connectivity index (χ0v) is 12.5. The van der Waals surface area contributed by atoms with Crippen molar-refractivity contribution < 1.29 is 0 Å². The summed E-state index contributed by atoms with van der Waals surface area (Å²) in [6.45, 7) is 0. The van der Waals surface area contributed by atoms with Gasteiger partial charge in [0.15, 0.2) is 0 Å². The van der Waals surface area contributed by atoms with Gasteiger partial charge in [0.2, 0.25) is 0 Å². The zero-order chi connectivity index (χ0) is 15.2. The Labute approximate surface area is 133 Å². The van der Waals surface area contributed by atoms with Crippen LogP contribution in [0.3, 0.4) is 0 Å². The molecule has 5 rings (SSSR count). The van der Waals surface area contributed by atoms with Gasteiger partial charge in [-0.1, -0.05) is 60.7 Å². The molecule has 0 N–H and O–H groups in total. The molecular formula is C21H14N2. The maximum atomic E-state index is 4.71. The second kappa shape index (κ2) is 4.68. The van der Waals surface area contributed by atoms with Crippen LogP contribution in [-0.4, -0.2) is 9.55 Å². The lowest BCUT2D eigenvalue weighted by molar-refractivity contribution is 1.10. The molecule has 3 aromatic carbocycles. The molecule has 0 saturated heterocycles. The smallest absolute Gasteiger partial charge is 0.145 e. The van der Waals surface area contributed by atoms with Crippen LogP contribution in [0.15, 0.2) is 85.1 Å². The quantitative estimate of drug-likeness (QED) is 0.408. The Kier molecular flexibility index (Phi) is 2.53. The second-order valence-corrected chi connectivity index (χ2v) is 5.73. The summed E-state index contributed by atoms with van der Waals surface area (Å²) in [7, 11) is 0. The molecule has 0 atom stereocenters. The summed E-state index contributed by atoms with van der Waals surface area (Å²) in [6.07, 6.45) is 1.89. The predicted octanol–water partition coefficient (Wildman–Crippen LogP) is 5.33. The lowest BCUT2D eigenvalue weighted by Gasteiger charge is -2.09. The minimum Gasteiger partial charge on any atom is -0.293 e. The Morgan fingerprint density at radius 3 is 1.83 bits per heavy atom. The molecule has 0 amide bonds. The highest BCUT2D eigenvalue weighted by Gasteiger charge is 2.13. The highest BCUT2D eigenvalue weighted by molar-refractivity contribution is 6.10. The van der Waals surface area contributed by atoms with E-state index in [0.717, 1.165) is 5.82 Å². The lowest BCUT2D eigenvalue weighted by Crippen LogP contribution is -1.98. The molecular weight excluding hydrogens is 280 g/mol. The summed E-state index contributed by atoms with van der Waals surface area (Å²) in [5.41, 5.74) is 2.38. The Morgan fingerprint density at radius 2 is 1.13 bits per heavy atom. The average Bonchev–Trinajstić information content (AvgIpc) is 2.96. The largest absolute Gasteiger partial charge is 0.293 e. The van der Waals surface area contributed by atoms with E-state index in [2.05, 4.69) is 83.4 Å². The van der Waals surface area contributed by atoms with Gasteiger partial charge in [-0.15, -0.1) is 0 Å². The van der Waals surface area contributed by atoms with Gasteiger partial charge < -0.3 is 0 Å². The van der Waals surface area contributed by atoms with Crippen LogP contribution in [0.25, 0.3) is 38.4 Å². The van der Waals surface area contributed by atoms with Gasteiger partial charge in [0, 0.05) is 22.4 Å². The number of aromatic nitrogens is 2. The molecule has 5 aromatic rings. The highest BCUT2D eigenvalue weighted by atomic mass is 15.1. The Morgan fingerprint density at radius 1 is 0.565 bits per heavy atom. The molecule has 0 saturated carbocycles. The van der Waals surface area contributed by atoms with Crippen molar-refractivity contribution in [2.24, 2.45) is 0 Å². The number of para-hydroxylation sites is 2. The van der Waals surface area contributed by atoms with E-state index in [9.17, 15) is 0 Å². The van der Waals surface area contributed by atoms with Crippen molar-refractivity contribution in [1.82, 2.24) is 9.55 Å². The minimum absolute atomic E-state index is 0.987. The fourth-order valence-electron chi connectivity index (χ4n) is 3.43. The lowest BCUT2D eigenvalue weighted by atomic mass is 10.1. The first-order valence-corrected chi connectivity index (χ1v) is 7.76. The summed E-state index contributed by atoms with van der Waals surface area (Å²) < 4.78 is 2.27. The van der Waals surface area contributed by atoms with Crippen LogP contribution in [0.2, 0.25) is 0 Å². The van der Waals surface area contributed by atoms with Crippen LogP contribution in [-0.2, 0) is 0 Å². The summed E-state index contributed by atoms with van der Waals surface area (Å²) in [6, 6.07) is 27.5. The molecule has 108 valence electrons. The number of pyridine rings is 1. The van der Waals surface area contributed by atoms with Gasteiger partial charge >= 0.3 is 0 Å². The molecule has 0 spiro atoms. The average molecular weight is 294 g/mol. The third-order valence-corrected chi connectivity index (χ3v) is 4.44. The van der Waals surface area contributed by atoms with Gasteiger partial charge in [0.05, 0.1) is 11.0 Å². The van der Waals surface area contributed by atoms with Crippen molar-refractivity contribution in [3.05, 3.63) is 85.1 Å². The highest BCUT2D eigenvalue weighted by Crippen LogP contribution is 2.33. The van der Waals surface area contributed by atoms with Crippen LogP contribution in [0.1, 0.15) is 0 Å². The molecule has 0 unspecified atom stereocenters. The van der Waals surface area contributed by atoms with Gasteiger partial charge in [-0.25, -0.2) is 4.98 Å². The molecule has 0 aliphatic rings. The molecule has 2 nitrogen and oxygen atoms in total. The van der Waals surface area contributed by atoms with Crippen LogP contribution in [0.5, 0.6) is 0 Å². The number of rotatable bonds is 1. The molecule has 2 heteroatoms. The summed E-state index contributed by atoms with van der Waals surface area (Å²) >= 11 is 0. The molecule has 2 heterocycles. The molecule has 0 fully saturated rings. The van der Waals surface area contributed by atoms with Crippen molar-refractivity contribution in [1.29, 1.82) is 0 Å². The number of fused-ring (bicyclic) bond motifs is 4. The standard InChI is InChI=1S/C21H14N2/c1-2-8-16-15(7-1)13-14-22-21(16)23-19-11-5-3-9-17(19)18-10-4-6-12-20(18)23/h1-14H. The molecule has 0 aliphatic heterocycles. The van der Waals surface area contributed by atoms with Gasteiger partial charge in [-0.05, 0) is 23.6 Å². The van der Waals surface area contributed by atoms with E-state index in [0.29, 0.717) is 0 Å². The zero-order valence-electron chi connectivity index (χ0n) is 12.5. The summed E-state index contributed by atoms with van der Waals surface area (Å²) in [5, 5.41) is 4.90. The first-order chi connectivity index (χ1) is 11.4. The third-order valence-electron chi connectivity index (χ3n) is 4.44. The number of benzene rings is 3. The minimum atomic E-state index is 0.987. The van der Waals surface area contributed by atoms with E-state index in [1.54, 1.807) is 0 Å². The van der Waals surface area contributed by atoms with E-state index in [4.69, 9.17) is 4.98 Å². The summed E-state index contributed by atoms with van der Waals surface area (Å²) in [5.74, 6) is 0.987. The summed E-state index contributed by atoms with van der Waals surface area (Å²) in [4.78, 5) is 4.71. The molecule has 0 bridgehead atoms. The van der Waals surface area contributed by atoms with Crippen molar-refractivity contribution in [2.75, 3.05) is 0 Å². The number of nitrogens with zero attached hydrogens (tertiary/aromatic N) is 2. The number of hydrogen-bond donors (Lipinski definition) is 0. The van der Waals surface area contributed by atoms with E-state index < -0.39 is 0 Å². The fraction of sp³-hybridized carbons (Fsp3) is 0. The maximum Gasteiger partial charge on any atom is 0.145 e. The predicted molar refractivity (Wildman–Crippen MR) is 96.1 cm³/mol. The first-order valence-electron chi connectivity index (χ1n) is 7.76. The second-order valence-electron chi connectivity index (χ2n) is 5.73. The Hall–Kier alpha value is -3.13. The van der Waals surface area contributed by atoms with Crippen LogP contribution in [0.4, 0.5) is 0 Å². The van der Waals surface area contributed by atoms with Gasteiger partial charge in [-0.2, -0.15) is 0 Å². The number of hydrogen-bond acceptors (Lipinski definition) is 1. The third kappa shape index (κ3) is 1.72. The SMILES string of the molecule is c1ccc2c(-n3c4ccccc4c4ccccc43)nccc2c1. The Balaban J connectivity index is 2.03. The molecule has 0 radical (unpaired) electrons. The molecule has 0 aliphatic carbocycles.